The van der Waals surface area contributed by atoms with Crippen molar-refractivity contribution in [2.45, 2.75) is 6.92 Å². The van der Waals surface area contributed by atoms with E-state index in [1.54, 1.807) is 6.92 Å². The van der Waals surface area contributed by atoms with E-state index in [9.17, 15) is 25.2 Å². The summed E-state index contributed by atoms with van der Waals surface area (Å²) in [5.74, 6) is -2.05. The van der Waals surface area contributed by atoms with E-state index in [1.165, 1.54) is 6.07 Å². The number of carbonyl (C=O) groups is 1. The maximum absolute atomic E-state index is 12.5. The average Bonchev–Trinajstić information content (AvgIpc) is 2.43. The number of benzene rings is 2. The molecule has 0 radical (unpaired) electrons. The van der Waals surface area contributed by atoms with Gasteiger partial charge in [0.15, 0.2) is 28.8 Å². The van der Waals surface area contributed by atoms with Gasteiger partial charge in [-0.25, -0.2) is 0 Å². The Labute approximate surface area is 136 Å². The monoisotopic (exact) mass is 416 g/mol. The Hall–Kier alpha value is -1.73. The quantitative estimate of drug-likeness (QED) is 0.442. The minimum atomic E-state index is -0.481. The topological polar surface area (TPSA) is 98.0 Å². The molecule has 0 aliphatic rings. The van der Waals surface area contributed by atoms with Crippen LogP contribution in [0.25, 0.3) is 0 Å². The van der Waals surface area contributed by atoms with E-state index in [4.69, 9.17) is 0 Å². The lowest BCUT2D eigenvalue weighted by molar-refractivity contribution is 0.103. The maximum atomic E-state index is 12.5. The third-order valence-corrected chi connectivity index (χ3v) is 4.64. The van der Waals surface area contributed by atoms with Crippen LogP contribution in [0.3, 0.4) is 0 Å². The molecule has 4 N–H and O–H groups in total. The highest BCUT2D eigenvalue weighted by atomic mass is 79.9. The van der Waals surface area contributed by atoms with Crippen molar-refractivity contribution < 1.29 is 25.2 Å². The maximum Gasteiger partial charge on any atom is 0.194 e. The highest BCUT2D eigenvalue weighted by Crippen LogP contribution is 2.39. The third kappa shape index (κ3) is 2.71. The summed E-state index contributed by atoms with van der Waals surface area (Å²) in [7, 11) is 0. The first-order valence-electron chi connectivity index (χ1n) is 5.71. The summed E-state index contributed by atoms with van der Waals surface area (Å²) in [6.07, 6.45) is 0. The van der Waals surface area contributed by atoms with E-state index in [1.807, 2.05) is 0 Å². The summed E-state index contributed by atoms with van der Waals surface area (Å²) < 4.78 is 0.510. The fraction of sp³-hybridized carbons (Fsp3) is 0.0714. The van der Waals surface area contributed by atoms with Crippen molar-refractivity contribution in [3.63, 3.8) is 0 Å². The van der Waals surface area contributed by atoms with Gasteiger partial charge < -0.3 is 20.4 Å². The van der Waals surface area contributed by atoms with Gasteiger partial charge in [0, 0.05) is 15.6 Å². The van der Waals surface area contributed by atoms with E-state index in [0.29, 0.717) is 10.0 Å². The number of carbonyl (C=O) groups excluding carboxylic acids is 1. The van der Waals surface area contributed by atoms with Crippen LogP contribution in [0.15, 0.2) is 27.1 Å². The molecule has 2 aromatic carbocycles. The predicted molar refractivity (Wildman–Crippen MR) is 83.1 cm³/mol. The Morgan fingerprint density at radius 2 is 1.43 bits per heavy atom. The van der Waals surface area contributed by atoms with E-state index >= 15 is 0 Å². The molecule has 0 unspecified atom stereocenters. The van der Waals surface area contributed by atoms with Crippen molar-refractivity contribution in [2.24, 2.45) is 0 Å². The van der Waals surface area contributed by atoms with Gasteiger partial charge in [0.05, 0.1) is 4.47 Å². The van der Waals surface area contributed by atoms with Crippen LogP contribution in [0.1, 0.15) is 21.5 Å². The Bertz CT molecular complexity index is 756. The van der Waals surface area contributed by atoms with Crippen LogP contribution in [0.4, 0.5) is 0 Å². The molecular weight excluding hydrogens is 408 g/mol. The lowest BCUT2D eigenvalue weighted by Gasteiger charge is -2.12. The van der Waals surface area contributed by atoms with Crippen LogP contribution in [0, 0.1) is 6.92 Å². The predicted octanol–water partition coefficient (Wildman–Crippen LogP) is 3.57. The molecule has 21 heavy (non-hydrogen) atoms. The van der Waals surface area contributed by atoms with Crippen LogP contribution in [-0.4, -0.2) is 26.2 Å². The zero-order valence-corrected chi connectivity index (χ0v) is 13.9. The van der Waals surface area contributed by atoms with Gasteiger partial charge in [-0.1, -0.05) is 0 Å². The molecule has 0 saturated heterocycles. The number of aromatic hydroxyl groups is 4. The smallest absolute Gasteiger partial charge is 0.194 e. The lowest BCUT2D eigenvalue weighted by Crippen LogP contribution is -2.05. The Morgan fingerprint density at radius 3 is 2.05 bits per heavy atom. The molecule has 0 saturated carbocycles. The second-order valence-corrected chi connectivity index (χ2v) is 6.03. The third-order valence-electron chi connectivity index (χ3n) is 3.02. The second kappa shape index (κ2) is 5.57. The number of rotatable bonds is 2. The van der Waals surface area contributed by atoms with Gasteiger partial charge in [-0.05, 0) is 62.5 Å². The first kappa shape index (κ1) is 15.7. The average molecular weight is 418 g/mol. The molecule has 0 spiro atoms. The number of phenolic OH excluding ortho intramolecular Hbond substituents is 4. The van der Waals surface area contributed by atoms with Gasteiger partial charge in [0.2, 0.25) is 0 Å². The number of halogens is 2. The summed E-state index contributed by atoms with van der Waals surface area (Å²) in [4.78, 5) is 12.5. The Morgan fingerprint density at radius 1 is 0.905 bits per heavy atom. The van der Waals surface area contributed by atoms with Crippen LogP contribution in [0.5, 0.6) is 23.0 Å². The van der Waals surface area contributed by atoms with Gasteiger partial charge in [-0.2, -0.15) is 0 Å². The summed E-state index contributed by atoms with van der Waals surface area (Å²) in [5, 5.41) is 38.1. The molecule has 0 fully saturated rings. The van der Waals surface area contributed by atoms with Crippen molar-refractivity contribution in [2.75, 3.05) is 0 Å². The zero-order valence-electron chi connectivity index (χ0n) is 10.7. The largest absolute Gasteiger partial charge is 0.504 e. The number of phenols is 4. The molecule has 110 valence electrons. The molecule has 0 heterocycles. The second-order valence-electron chi connectivity index (χ2n) is 4.38. The van der Waals surface area contributed by atoms with Crippen LogP contribution in [0.2, 0.25) is 0 Å². The van der Waals surface area contributed by atoms with E-state index in [2.05, 4.69) is 31.9 Å². The summed E-state index contributed by atoms with van der Waals surface area (Å²) >= 11 is 6.24. The SMILES string of the molecule is Cc1c(C(=O)c2cc(O)c(O)cc2Br)cc(O)c(O)c1Br. The molecule has 5 nitrogen and oxygen atoms in total. The summed E-state index contributed by atoms with van der Waals surface area (Å²) in [5.41, 5.74) is 0.711. The molecular formula is C14H10Br2O5. The fourth-order valence-electron chi connectivity index (χ4n) is 1.83. The first-order chi connectivity index (χ1) is 9.73. The van der Waals surface area contributed by atoms with Gasteiger partial charge in [-0.15, -0.1) is 0 Å². The van der Waals surface area contributed by atoms with Crippen molar-refractivity contribution >= 4 is 37.6 Å². The summed E-state index contributed by atoms with van der Waals surface area (Å²) in [6, 6.07) is 3.47. The summed E-state index contributed by atoms with van der Waals surface area (Å²) in [6.45, 7) is 1.60. The minimum absolute atomic E-state index is 0.116. The molecule has 0 bridgehead atoms. The van der Waals surface area contributed by atoms with Gasteiger partial charge in [0.1, 0.15) is 0 Å². The fourth-order valence-corrected chi connectivity index (χ4v) is 2.76. The van der Waals surface area contributed by atoms with Crippen LogP contribution in [-0.2, 0) is 0 Å². The standard InChI is InChI=1S/C14H10Br2O5/c1-5-6(2-11(19)14(21)12(5)16)13(20)7-3-9(17)10(18)4-8(7)15/h2-4,17-19,21H,1H3. The van der Waals surface area contributed by atoms with Crippen molar-refractivity contribution in [3.05, 3.63) is 43.8 Å². The normalized spacial score (nSPS) is 10.6. The Kier molecular flexibility index (Phi) is 4.15. The van der Waals surface area contributed by atoms with E-state index in [0.717, 1.165) is 12.1 Å². The number of hydrogen-bond acceptors (Lipinski definition) is 5. The Balaban J connectivity index is 2.64. The van der Waals surface area contributed by atoms with Crippen molar-refractivity contribution in [1.82, 2.24) is 0 Å². The minimum Gasteiger partial charge on any atom is -0.504 e. The molecule has 0 aliphatic carbocycles. The van der Waals surface area contributed by atoms with Gasteiger partial charge >= 0.3 is 0 Å². The highest BCUT2D eigenvalue weighted by Gasteiger charge is 2.21. The molecule has 2 aromatic rings. The zero-order chi connectivity index (χ0) is 15.9. The highest BCUT2D eigenvalue weighted by molar-refractivity contribution is 9.11. The van der Waals surface area contributed by atoms with E-state index < -0.39 is 17.3 Å². The molecule has 0 aliphatic heterocycles. The van der Waals surface area contributed by atoms with Crippen molar-refractivity contribution in [3.8, 4) is 23.0 Å². The first-order valence-corrected chi connectivity index (χ1v) is 7.29. The molecule has 0 aromatic heterocycles. The van der Waals surface area contributed by atoms with Crippen molar-refractivity contribution in [1.29, 1.82) is 0 Å². The molecule has 0 amide bonds. The van der Waals surface area contributed by atoms with Gasteiger partial charge in [-0.3, -0.25) is 4.79 Å². The molecule has 7 heteroatoms. The molecule has 0 atom stereocenters. The number of hydrogen-bond donors (Lipinski definition) is 4. The number of ketones is 1. The lowest BCUT2D eigenvalue weighted by atomic mass is 9.98. The van der Waals surface area contributed by atoms with Crippen LogP contribution >= 0.6 is 31.9 Å². The van der Waals surface area contributed by atoms with E-state index in [-0.39, 0.29) is 27.1 Å². The molecule has 2 rings (SSSR count). The van der Waals surface area contributed by atoms with Crippen LogP contribution < -0.4 is 0 Å². The van der Waals surface area contributed by atoms with Gasteiger partial charge in [0.25, 0.3) is 0 Å².